The van der Waals surface area contributed by atoms with Crippen molar-refractivity contribution < 1.29 is 19.1 Å². The van der Waals surface area contributed by atoms with Gasteiger partial charge in [0.05, 0.1) is 6.54 Å². The minimum absolute atomic E-state index is 0.00889. The minimum Gasteiger partial charge on any atom is -0.492 e. The van der Waals surface area contributed by atoms with Crippen molar-refractivity contribution in [2.24, 2.45) is 5.92 Å². The first kappa shape index (κ1) is 24.1. The summed E-state index contributed by atoms with van der Waals surface area (Å²) in [6.07, 6.45) is 3.00. The van der Waals surface area contributed by atoms with Gasteiger partial charge in [0.1, 0.15) is 12.4 Å². The smallest absolute Gasteiger partial charge is 0.359 e. The van der Waals surface area contributed by atoms with Crippen LogP contribution in [0.5, 0.6) is 5.75 Å². The van der Waals surface area contributed by atoms with Crippen molar-refractivity contribution in [2.75, 3.05) is 13.2 Å². The van der Waals surface area contributed by atoms with Crippen molar-refractivity contribution in [3.8, 4) is 5.75 Å². The first-order chi connectivity index (χ1) is 14.8. The summed E-state index contributed by atoms with van der Waals surface area (Å²) in [5, 5.41) is 6.83. The molecule has 1 aromatic carbocycles. The van der Waals surface area contributed by atoms with Gasteiger partial charge in [0, 0.05) is 12.1 Å². The lowest BCUT2D eigenvalue weighted by Crippen LogP contribution is -2.36. The van der Waals surface area contributed by atoms with Crippen molar-refractivity contribution in [1.82, 2.24) is 15.1 Å². The number of esters is 1. The highest BCUT2D eigenvalue weighted by Gasteiger charge is 2.15. The van der Waals surface area contributed by atoms with Gasteiger partial charge in [0.15, 0.2) is 12.3 Å². The van der Waals surface area contributed by atoms with Gasteiger partial charge in [-0.25, -0.2) is 9.48 Å². The van der Waals surface area contributed by atoms with Crippen LogP contribution in [0.4, 0.5) is 0 Å². The quantitative estimate of drug-likeness (QED) is 0.521. The third-order valence-corrected chi connectivity index (χ3v) is 4.55. The van der Waals surface area contributed by atoms with Gasteiger partial charge < -0.3 is 14.8 Å². The molecule has 0 fully saturated rings. The Hall–Kier alpha value is -3.16. The molecule has 1 aromatic heterocycles. The van der Waals surface area contributed by atoms with Crippen molar-refractivity contribution in [3.63, 3.8) is 0 Å². The number of hydrogen-bond acceptors (Lipinski definition) is 6. The van der Waals surface area contributed by atoms with Gasteiger partial charge in [0.2, 0.25) is 0 Å². The van der Waals surface area contributed by atoms with Crippen LogP contribution in [-0.2, 0) is 16.1 Å². The highest BCUT2D eigenvalue weighted by Crippen LogP contribution is 2.09. The molecule has 0 aliphatic heterocycles. The van der Waals surface area contributed by atoms with E-state index < -0.39 is 12.6 Å². The maximum atomic E-state index is 12.2. The highest BCUT2D eigenvalue weighted by atomic mass is 16.5. The van der Waals surface area contributed by atoms with Crippen molar-refractivity contribution in [1.29, 1.82) is 0 Å². The maximum Gasteiger partial charge on any atom is 0.359 e. The van der Waals surface area contributed by atoms with E-state index in [0.29, 0.717) is 11.7 Å². The first-order valence-electron chi connectivity index (χ1n) is 10.6. The lowest BCUT2D eigenvalue weighted by molar-refractivity contribution is -0.124. The Morgan fingerprint density at radius 2 is 1.81 bits per heavy atom. The van der Waals surface area contributed by atoms with Gasteiger partial charge in [-0.15, -0.1) is 0 Å². The molecule has 1 amide bonds. The van der Waals surface area contributed by atoms with Crippen LogP contribution in [0.2, 0.25) is 0 Å². The molecule has 1 unspecified atom stereocenters. The molecule has 1 heterocycles. The normalized spacial score (nSPS) is 11.7. The van der Waals surface area contributed by atoms with E-state index in [2.05, 4.69) is 24.3 Å². The summed E-state index contributed by atoms with van der Waals surface area (Å²) in [5.74, 6) is 0.176. The monoisotopic (exact) mass is 429 g/mol. The largest absolute Gasteiger partial charge is 0.492 e. The number of para-hydroxylation sites is 1. The highest BCUT2D eigenvalue weighted by molar-refractivity contribution is 5.89. The van der Waals surface area contributed by atoms with Crippen molar-refractivity contribution in [3.05, 3.63) is 58.5 Å². The minimum atomic E-state index is -0.764. The molecule has 0 radical (unpaired) electrons. The van der Waals surface area contributed by atoms with Crippen LogP contribution in [0.3, 0.4) is 0 Å². The summed E-state index contributed by atoms with van der Waals surface area (Å²) < 4.78 is 11.7. The van der Waals surface area contributed by atoms with E-state index in [4.69, 9.17) is 9.47 Å². The SMILES string of the molecule is CC(C)CCCC(C)NC(=O)COC(=O)c1ccc(=O)n(CCOc2ccccc2)n1. The molecule has 0 bridgehead atoms. The summed E-state index contributed by atoms with van der Waals surface area (Å²) in [6, 6.07) is 11.7. The molecule has 168 valence electrons. The van der Waals surface area contributed by atoms with Crippen LogP contribution in [0, 0.1) is 5.92 Å². The molecule has 0 saturated carbocycles. The number of nitrogens with zero attached hydrogens (tertiary/aromatic N) is 2. The first-order valence-corrected chi connectivity index (χ1v) is 10.6. The predicted octanol–water partition coefficient (Wildman–Crippen LogP) is 2.81. The molecule has 2 rings (SSSR count). The van der Waals surface area contributed by atoms with Gasteiger partial charge in [0.25, 0.3) is 11.5 Å². The molecule has 0 spiro atoms. The second-order valence-electron chi connectivity index (χ2n) is 7.81. The fraction of sp³-hybridized carbons (Fsp3) is 0.478. The van der Waals surface area contributed by atoms with E-state index in [-0.39, 0.29) is 36.4 Å². The molecule has 1 N–H and O–H groups in total. The molecular formula is C23H31N3O5. The van der Waals surface area contributed by atoms with Crippen LogP contribution < -0.4 is 15.6 Å². The average molecular weight is 430 g/mol. The van der Waals surface area contributed by atoms with Gasteiger partial charge in [-0.05, 0) is 37.5 Å². The molecule has 2 aromatic rings. The maximum absolute atomic E-state index is 12.2. The number of nitrogens with one attached hydrogen (secondary N) is 1. The summed E-state index contributed by atoms with van der Waals surface area (Å²) in [6.45, 7) is 6.24. The lowest BCUT2D eigenvalue weighted by Gasteiger charge is -2.14. The number of benzene rings is 1. The summed E-state index contributed by atoms with van der Waals surface area (Å²) >= 11 is 0. The number of carbonyl (C=O) groups is 2. The number of hydrogen-bond donors (Lipinski definition) is 1. The van der Waals surface area contributed by atoms with Gasteiger partial charge in [-0.2, -0.15) is 5.10 Å². The van der Waals surface area contributed by atoms with Gasteiger partial charge >= 0.3 is 5.97 Å². The van der Waals surface area contributed by atoms with Crippen LogP contribution in [0.1, 0.15) is 50.5 Å². The molecule has 8 nitrogen and oxygen atoms in total. The Balaban J connectivity index is 1.80. The summed E-state index contributed by atoms with van der Waals surface area (Å²) in [5.41, 5.74) is -0.404. The van der Waals surface area contributed by atoms with E-state index in [1.165, 1.54) is 12.1 Å². The molecule has 0 aliphatic rings. The second-order valence-corrected chi connectivity index (χ2v) is 7.81. The number of aromatic nitrogens is 2. The van der Waals surface area contributed by atoms with E-state index >= 15 is 0 Å². The summed E-state index contributed by atoms with van der Waals surface area (Å²) in [7, 11) is 0. The standard InChI is InChI=1S/C23H31N3O5/c1-17(2)8-7-9-18(3)24-21(27)16-31-23(29)20-12-13-22(28)26(25-20)14-15-30-19-10-5-4-6-11-19/h4-6,10-13,17-18H,7-9,14-16H2,1-3H3,(H,24,27). The van der Waals surface area contributed by atoms with Gasteiger partial charge in [-0.1, -0.05) is 44.9 Å². The van der Waals surface area contributed by atoms with Crippen LogP contribution in [0.25, 0.3) is 0 Å². The second kappa shape index (κ2) is 12.5. The Labute approximate surface area is 182 Å². The Morgan fingerprint density at radius 1 is 1.06 bits per heavy atom. The third kappa shape index (κ3) is 9.02. The molecule has 1 atom stereocenters. The number of amides is 1. The Bertz CT molecular complexity index is 896. The third-order valence-electron chi connectivity index (χ3n) is 4.55. The van der Waals surface area contributed by atoms with E-state index in [0.717, 1.165) is 23.9 Å². The average Bonchev–Trinajstić information content (AvgIpc) is 2.73. The zero-order valence-corrected chi connectivity index (χ0v) is 18.4. The van der Waals surface area contributed by atoms with Crippen LogP contribution in [0.15, 0.2) is 47.3 Å². The molecule has 0 saturated heterocycles. The van der Waals surface area contributed by atoms with Crippen LogP contribution >= 0.6 is 0 Å². The van der Waals surface area contributed by atoms with E-state index in [1.54, 1.807) is 12.1 Å². The number of rotatable bonds is 12. The van der Waals surface area contributed by atoms with E-state index in [9.17, 15) is 14.4 Å². The Kier molecular flexibility index (Phi) is 9.74. The Morgan fingerprint density at radius 3 is 2.52 bits per heavy atom. The topological polar surface area (TPSA) is 99.5 Å². The molecule has 31 heavy (non-hydrogen) atoms. The number of ether oxygens (including phenoxy) is 2. The molecular weight excluding hydrogens is 398 g/mol. The van der Waals surface area contributed by atoms with Gasteiger partial charge in [-0.3, -0.25) is 9.59 Å². The summed E-state index contributed by atoms with van der Waals surface area (Å²) in [4.78, 5) is 36.2. The molecule has 8 heteroatoms. The van der Waals surface area contributed by atoms with Crippen molar-refractivity contribution in [2.45, 2.75) is 52.6 Å². The zero-order chi connectivity index (χ0) is 22.6. The van der Waals surface area contributed by atoms with E-state index in [1.807, 2.05) is 25.1 Å². The fourth-order valence-electron chi connectivity index (χ4n) is 2.91. The molecule has 0 aliphatic carbocycles. The van der Waals surface area contributed by atoms with Crippen LogP contribution in [-0.4, -0.2) is 40.9 Å². The predicted molar refractivity (Wildman–Crippen MR) is 117 cm³/mol. The van der Waals surface area contributed by atoms with Crippen molar-refractivity contribution >= 4 is 11.9 Å². The zero-order valence-electron chi connectivity index (χ0n) is 18.4. The fourth-order valence-corrected chi connectivity index (χ4v) is 2.91. The number of carbonyl (C=O) groups excluding carboxylic acids is 2. The lowest BCUT2D eigenvalue weighted by atomic mass is 10.0.